The Morgan fingerprint density at radius 2 is 2.06 bits per heavy atom. The van der Waals surface area contributed by atoms with Crippen molar-refractivity contribution in [3.63, 3.8) is 0 Å². The quantitative estimate of drug-likeness (QED) is 0.622. The van der Waals surface area contributed by atoms with Crippen molar-refractivity contribution in [3.8, 4) is 0 Å². The van der Waals surface area contributed by atoms with Crippen molar-refractivity contribution in [1.82, 2.24) is 4.90 Å². The predicted molar refractivity (Wildman–Crippen MR) is 81.1 cm³/mol. The molecule has 1 aliphatic rings. The molecule has 92 valence electrons. The number of carbonyl (C=O) groups is 1. The first-order chi connectivity index (χ1) is 8.72. The van der Waals surface area contributed by atoms with Gasteiger partial charge in [0.25, 0.3) is 5.91 Å². The summed E-state index contributed by atoms with van der Waals surface area (Å²) in [5.41, 5.74) is 1.11. The van der Waals surface area contributed by atoms with Crippen LogP contribution < -0.4 is 0 Å². The monoisotopic (exact) mass is 275 g/mol. The van der Waals surface area contributed by atoms with Gasteiger partial charge in [0.15, 0.2) is 0 Å². The second kappa shape index (κ2) is 5.98. The molecule has 0 aliphatic carbocycles. The first-order valence-corrected chi connectivity index (χ1v) is 6.92. The molecule has 18 heavy (non-hydrogen) atoms. The number of amides is 1. The van der Waals surface area contributed by atoms with Crippen LogP contribution >= 0.6 is 24.0 Å². The Balaban J connectivity index is 2.09. The minimum atomic E-state index is 0.00483. The topological polar surface area (TPSA) is 20.3 Å². The fourth-order valence-corrected chi connectivity index (χ4v) is 2.93. The third-order valence-electron chi connectivity index (χ3n) is 2.53. The fraction of sp³-hybridized carbons (Fsp3) is 0.143. The lowest BCUT2D eigenvalue weighted by atomic mass is 10.2. The molecule has 0 unspecified atom stereocenters. The second-order valence-electron chi connectivity index (χ2n) is 3.72. The van der Waals surface area contributed by atoms with E-state index in [1.54, 1.807) is 4.90 Å². The minimum Gasteiger partial charge on any atom is -0.293 e. The number of thioether (sulfide) groups is 1. The van der Waals surface area contributed by atoms with E-state index in [2.05, 4.69) is 0 Å². The molecular formula is C14H13NOS2. The highest BCUT2D eigenvalue weighted by atomic mass is 32.2. The number of nitrogens with zero attached hydrogens (tertiary/aromatic N) is 1. The molecule has 0 aromatic heterocycles. The lowest BCUT2D eigenvalue weighted by molar-refractivity contribution is -0.122. The largest absolute Gasteiger partial charge is 0.293 e. The first-order valence-electron chi connectivity index (χ1n) is 5.69. The van der Waals surface area contributed by atoms with Gasteiger partial charge in [-0.05, 0) is 18.6 Å². The molecule has 0 radical (unpaired) electrons. The van der Waals surface area contributed by atoms with Gasteiger partial charge < -0.3 is 0 Å². The van der Waals surface area contributed by atoms with Gasteiger partial charge in [0.1, 0.15) is 4.32 Å². The van der Waals surface area contributed by atoms with Crippen molar-refractivity contribution in [3.05, 3.63) is 53.0 Å². The number of hydrogen-bond acceptors (Lipinski definition) is 3. The molecule has 2 rings (SSSR count). The van der Waals surface area contributed by atoms with E-state index in [-0.39, 0.29) is 5.91 Å². The van der Waals surface area contributed by atoms with Gasteiger partial charge in [0.2, 0.25) is 0 Å². The molecule has 0 bridgehead atoms. The van der Waals surface area contributed by atoms with Crippen LogP contribution in [0.5, 0.6) is 0 Å². The normalized spacial score (nSPS) is 18.3. The van der Waals surface area contributed by atoms with Crippen molar-refractivity contribution < 1.29 is 4.79 Å². The molecule has 1 heterocycles. The highest BCUT2D eigenvalue weighted by Crippen LogP contribution is 2.30. The Hall–Kier alpha value is -1.39. The van der Waals surface area contributed by atoms with Gasteiger partial charge in [-0.1, -0.05) is 66.5 Å². The summed E-state index contributed by atoms with van der Waals surface area (Å²) < 4.78 is 0.641. The standard InChI is InChI=1S/C14H13NOS2/c1-2-15-13(16)12(18-14(15)17)10-6-9-11-7-4-3-5-8-11/h3-10H,2H2,1H3. The van der Waals surface area contributed by atoms with E-state index in [1.165, 1.54) is 11.8 Å². The zero-order chi connectivity index (χ0) is 13.0. The second-order valence-corrected chi connectivity index (χ2v) is 5.39. The van der Waals surface area contributed by atoms with E-state index in [9.17, 15) is 4.79 Å². The molecule has 1 saturated heterocycles. The number of likely N-dealkylation sites (N-methyl/N-ethyl adjacent to an activating group) is 1. The molecule has 0 spiro atoms. The van der Waals surface area contributed by atoms with Crippen LogP contribution in [-0.2, 0) is 4.79 Å². The fourth-order valence-electron chi connectivity index (χ4n) is 1.60. The van der Waals surface area contributed by atoms with Gasteiger partial charge in [-0.15, -0.1) is 0 Å². The Morgan fingerprint density at radius 1 is 1.33 bits per heavy atom. The lowest BCUT2D eigenvalue weighted by Crippen LogP contribution is -2.27. The van der Waals surface area contributed by atoms with Crippen LogP contribution in [0.25, 0.3) is 6.08 Å². The van der Waals surface area contributed by atoms with Crippen LogP contribution in [0.2, 0.25) is 0 Å². The summed E-state index contributed by atoms with van der Waals surface area (Å²) in [6.45, 7) is 2.55. The zero-order valence-electron chi connectivity index (χ0n) is 10.00. The van der Waals surface area contributed by atoms with Crippen molar-refractivity contribution >= 4 is 40.3 Å². The van der Waals surface area contributed by atoms with Crippen LogP contribution in [-0.4, -0.2) is 21.7 Å². The number of carbonyl (C=O) groups excluding carboxylic acids is 1. The minimum absolute atomic E-state index is 0.00483. The predicted octanol–water partition coefficient (Wildman–Crippen LogP) is 3.46. The van der Waals surface area contributed by atoms with Crippen LogP contribution in [0.3, 0.4) is 0 Å². The Kier molecular flexibility index (Phi) is 4.33. The van der Waals surface area contributed by atoms with Gasteiger partial charge in [-0.3, -0.25) is 9.69 Å². The summed E-state index contributed by atoms with van der Waals surface area (Å²) >= 11 is 6.50. The van der Waals surface area contributed by atoms with Crippen LogP contribution in [0, 0.1) is 0 Å². The van der Waals surface area contributed by atoms with E-state index in [1.807, 2.05) is 55.5 Å². The summed E-state index contributed by atoms with van der Waals surface area (Å²) in [7, 11) is 0. The summed E-state index contributed by atoms with van der Waals surface area (Å²) in [5, 5.41) is 0. The molecular weight excluding hydrogens is 262 g/mol. The third-order valence-corrected chi connectivity index (χ3v) is 3.92. The Morgan fingerprint density at radius 3 is 2.67 bits per heavy atom. The highest BCUT2D eigenvalue weighted by molar-refractivity contribution is 8.26. The average molecular weight is 275 g/mol. The van der Waals surface area contributed by atoms with Crippen molar-refractivity contribution in [1.29, 1.82) is 0 Å². The average Bonchev–Trinajstić information content (AvgIpc) is 2.65. The molecule has 1 aliphatic heterocycles. The summed E-state index contributed by atoms with van der Waals surface area (Å²) in [5.74, 6) is 0.00483. The van der Waals surface area contributed by atoms with Crippen LogP contribution in [0.15, 0.2) is 47.4 Å². The van der Waals surface area contributed by atoms with E-state index in [4.69, 9.17) is 12.2 Å². The lowest BCUT2D eigenvalue weighted by Gasteiger charge is -2.09. The van der Waals surface area contributed by atoms with Crippen LogP contribution in [0.4, 0.5) is 0 Å². The van der Waals surface area contributed by atoms with Gasteiger partial charge in [0.05, 0.1) is 4.91 Å². The number of hydrogen-bond donors (Lipinski definition) is 0. The molecule has 1 aromatic carbocycles. The highest BCUT2D eigenvalue weighted by Gasteiger charge is 2.29. The van der Waals surface area contributed by atoms with E-state index in [0.717, 1.165) is 5.56 Å². The smallest absolute Gasteiger partial charge is 0.266 e. The zero-order valence-corrected chi connectivity index (χ0v) is 11.6. The maximum atomic E-state index is 11.9. The molecule has 0 atom stereocenters. The summed E-state index contributed by atoms with van der Waals surface area (Å²) in [6, 6.07) is 9.97. The first kappa shape index (κ1) is 13.1. The van der Waals surface area contributed by atoms with Gasteiger partial charge in [-0.2, -0.15) is 0 Å². The number of benzene rings is 1. The number of rotatable bonds is 3. The number of allylic oxidation sites excluding steroid dienone is 2. The van der Waals surface area contributed by atoms with Crippen LogP contribution in [0.1, 0.15) is 12.5 Å². The number of thiocarbonyl (C=S) groups is 1. The Bertz CT molecular complexity index is 520. The summed E-state index contributed by atoms with van der Waals surface area (Å²) in [4.78, 5) is 14.2. The molecule has 1 amide bonds. The molecule has 0 N–H and O–H groups in total. The van der Waals surface area contributed by atoms with E-state index in [0.29, 0.717) is 15.8 Å². The van der Waals surface area contributed by atoms with Gasteiger partial charge in [-0.25, -0.2) is 0 Å². The maximum absolute atomic E-state index is 11.9. The maximum Gasteiger partial charge on any atom is 0.266 e. The van der Waals surface area contributed by atoms with Gasteiger partial charge >= 0.3 is 0 Å². The molecule has 1 fully saturated rings. The van der Waals surface area contributed by atoms with E-state index < -0.39 is 0 Å². The van der Waals surface area contributed by atoms with Gasteiger partial charge in [0, 0.05) is 6.54 Å². The Labute approximate surface area is 116 Å². The SMILES string of the molecule is CCN1C(=O)C(=CC=Cc2ccccc2)SC1=S. The van der Waals surface area contributed by atoms with E-state index >= 15 is 0 Å². The molecule has 2 nitrogen and oxygen atoms in total. The summed E-state index contributed by atoms with van der Waals surface area (Å²) in [6.07, 6.45) is 5.68. The van der Waals surface area contributed by atoms with Crippen molar-refractivity contribution in [2.75, 3.05) is 6.54 Å². The molecule has 4 heteroatoms. The van der Waals surface area contributed by atoms with Crippen molar-refractivity contribution in [2.24, 2.45) is 0 Å². The molecule has 1 aromatic rings. The molecule has 0 saturated carbocycles. The van der Waals surface area contributed by atoms with Crippen molar-refractivity contribution in [2.45, 2.75) is 6.92 Å². The third kappa shape index (κ3) is 2.89.